The molecule has 3 amide bonds. The van der Waals surface area contributed by atoms with Crippen molar-refractivity contribution >= 4 is 68.8 Å². The van der Waals surface area contributed by atoms with Crippen molar-refractivity contribution < 1.29 is 27.5 Å². The van der Waals surface area contributed by atoms with Crippen LogP contribution in [0.1, 0.15) is 111 Å². The number of aryl methyl sites for hydroxylation is 1. The Morgan fingerprint density at radius 2 is 1.67 bits per heavy atom. The van der Waals surface area contributed by atoms with Crippen molar-refractivity contribution in [3.05, 3.63) is 101 Å². The number of aliphatic imine (C=N–C) groups is 2. The Kier molecular flexibility index (Phi) is 17.0. The predicted molar refractivity (Wildman–Crippen MR) is 265 cm³/mol. The molecule has 6 rings (SSSR count). The van der Waals surface area contributed by atoms with Gasteiger partial charge in [-0.15, -0.1) is 0 Å². The molecule has 3 N–H and O–H groups in total. The minimum Gasteiger partial charge on any atom is -0.489 e. The zero-order chi connectivity index (χ0) is 47.7. The molecule has 1 atom stereocenters. The lowest BCUT2D eigenvalue weighted by Crippen LogP contribution is -2.48. The predicted octanol–water partition coefficient (Wildman–Crippen LogP) is 8.67. The van der Waals surface area contributed by atoms with Gasteiger partial charge in [0.15, 0.2) is 15.7 Å². The van der Waals surface area contributed by atoms with Gasteiger partial charge in [0.2, 0.25) is 5.91 Å². The summed E-state index contributed by atoms with van der Waals surface area (Å²) in [6.07, 6.45) is 7.76. The molecule has 0 aliphatic carbocycles. The summed E-state index contributed by atoms with van der Waals surface area (Å²) in [4.78, 5) is 54.3. The maximum Gasteiger partial charge on any atom is 0.262 e. The van der Waals surface area contributed by atoms with Gasteiger partial charge in [-0.2, -0.15) is 0 Å². The number of halogens is 1. The van der Waals surface area contributed by atoms with E-state index in [-0.39, 0.29) is 27.6 Å². The first-order chi connectivity index (χ1) is 31.6. The maximum atomic E-state index is 13.4. The Balaban J connectivity index is 1.04. The van der Waals surface area contributed by atoms with Crippen LogP contribution in [0.2, 0.25) is 0 Å². The molecule has 1 unspecified atom stereocenters. The lowest BCUT2D eigenvalue weighted by molar-refractivity contribution is -0.124. The molecule has 3 aliphatic heterocycles. The number of amides is 3. The van der Waals surface area contributed by atoms with Crippen LogP contribution < -0.4 is 20.7 Å². The molecule has 354 valence electrons. The summed E-state index contributed by atoms with van der Waals surface area (Å²) in [6.45, 7) is 23.9. The quantitative estimate of drug-likeness (QED) is 0.0602. The van der Waals surface area contributed by atoms with Crippen molar-refractivity contribution in [3.63, 3.8) is 0 Å². The van der Waals surface area contributed by atoms with Crippen molar-refractivity contribution in [2.45, 2.75) is 114 Å². The van der Waals surface area contributed by atoms with Crippen LogP contribution in [-0.2, 0) is 14.6 Å². The second-order valence-corrected chi connectivity index (χ2v) is 20.6. The lowest BCUT2D eigenvalue weighted by Gasteiger charge is -2.42. The molecule has 16 heteroatoms. The molecule has 0 saturated carbocycles. The highest BCUT2D eigenvalue weighted by Crippen LogP contribution is 2.39. The van der Waals surface area contributed by atoms with Crippen LogP contribution in [0.3, 0.4) is 0 Å². The second kappa shape index (κ2) is 22.4. The third-order valence-electron chi connectivity index (χ3n) is 12.6. The number of rotatable bonds is 19. The maximum absolute atomic E-state index is 13.4. The summed E-state index contributed by atoms with van der Waals surface area (Å²) in [6, 6.07) is 15.7. The Labute approximate surface area is 395 Å². The fraction of sp³-hybridized carbons (Fsp3) is 0.460. The number of hydrogen-bond donors (Lipinski definition) is 3. The van der Waals surface area contributed by atoms with Gasteiger partial charge >= 0.3 is 0 Å². The summed E-state index contributed by atoms with van der Waals surface area (Å²) >= 11 is 6.72. The van der Waals surface area contributed by atoms with Gasteiger partial charge in [-0.1, -0.05) is 43.7 Å². The molecule has 0 spiro atoms. The molecular weight excluding hydrogens is 876 g/mol. The Bertz CT molecular complexity index is 2460. The van der Waals surface area contributed by atoms with Crippen LogP contribution in [0.4, 0.5) is 17.1 Å². The number of benzene rings is 3. The third kappa shape index (κ3) is 11.6. The minimum atomic E-state index is -3.64. The molecule has 14 nitrogen and oxygen atoms in total. The smallest absolute Gasteiger partial charge is 0.262 e. The van der Waals surface area contributed by atoms with Crippen molar-refractivity contribution in [2.75, 3.05) is 49.9 Å². The number of sulfone groups is 1. The number of amidine groups is 1. The van der Waals surface area contributed by atoms with Gasteiger partial charge in [-0.3, -0.25) is 24.3 Å². The van der Waals surface area contributed by atoms with Crippen LogP contribution in [0.15, 0.2) is 93.5 Å². The zero-order valence-corrected chi connectivity index (χ0v) is 40.7. The van der Waals surface area contributed by atoms with Gasteiger partial charge in [0.05, 0.1) is 38.8 Å². The van der Waals surface area contributed by atoms with Crippen molar-refractivity contribution in [2.24, 2.45) is 9.98 Å². The van der Waals surface area contributed by atoms with Gasteiger partial charge in [0.25, 0.3) is 11.8 Å². The first-order valence-corrected chi connectivity index (χ1v) is 24.9. The van der Waals surface area contributed by atoms with Gasteiger partial charge in [-0.25, -0.2) is 13.4 Å². The van der Waals surface area contributed by atoms with E-state index in [2.05, 4.69) is 63.1 Å². The SMILES string of the molecule is C=CNC(=O)C(CCC)N1C(=O)c2ccc(NCCN3CCC(N4CCC(c5cc(OC(C)C)c(NC(=Nc6ccccc6S(=O)(=O)C(C)C)/C(Cl)=C\N=C)cc5C)CC4)CC3)cc2C1=O. The number of carbonyl (C=O) groups is 3. The molecule has 0 aromatic heterocycles. The number of imide groups is 1. The average molecular weight is 942 g/mol. The fourth-order valence-electron chi connectivity index (χ4n) is 9.11. The minimum absolute atomic E-state index is 0.113. The first-order valence-electron chi connectivity index (χ1n) is 23.0. The molecule has 0 bridgehead atoms. The highest BCUT2D eigenvalue weighted by Gasteiger charge is 2.42. The summed E-state index contributed by atoms with van der Waals surface area (Å²) in [7, 11) is -3.64. The largest absolute Gasteiger partial charge is 0.489 e. The number of hydrogen-bond acceptors (Lipinski definition) is 11. The number of piperidine rings is 2. The number of carbonyl (C=O) groups excluding carboxylic acids is 3. The molecule has 2 fully saturated rings. The van der Waals surface area contributed by atoms with Crippen molar-refractivity contribution in [3.8, 4) is 5.75 Å². The van der Waals surface area contributed by atoms with E-state index in [9.17, 15) is 22.8 Å². The molecule has 3 aromatic carbocycles. The molecule has 0 radical (unpaired) electrons. The number of ether oxygens (including phenoxy) is 1. The highest BCUT2D eigenvalue weighted by atomic mass is 35.5. The van der Waals surface area contributed by atoms with E-state index in [1.54, 1.807) is 50.2 Å². The molecule has 2 saturated heterocycles. The van der Waals surface area contributed by atoms with E-state index in [0.29, 0.717) is 53.9 Å². The summed E-state index contributed by atoms with van der Waals surface area (Å²) in [5.41, 5.74) is 4.65. The Hall–Kier alpha value is -5.35. The molecule has 66 heavy (non-hydrogen) atoms. The monoisotopic (exact) mass is 940 g/mol. The standard InChI is InChI=1S/C50H65ClN8O6S/c1-9-13-44(48(60)53-10-2)59-49(61)38-17-16-36(29-40(38)50(59)62)54-22-27-57-23-20-37(21-24-57)58-25-18-35(19-26-58)39-30-45(65-32(3)4)43(28-34(39)7)56-47(41(51)31-52-8)55-42-14-11-12-15-46(42)66(63,64)33(5)6/h10-12,14-17,28-33,35,37,44,54H,2,8-9,13,18-27H2,1,3-7H3,(H,53,60)(H,55,56)/b41-31+. The summed E-state index contributed by atoms with van der Waals surface area (Å²) in [5.74, 6) is -0.0991. The Morgan fingerprint density at radius 1 is 0.970 bits per heavy atom. The van der Waals surface area contributed by atoms with Gasteiger partial charge < -0.3 is 30.5 Å². The van der Waals surface area contributed by atoms with E-state index >= 15 is 0 Å². The number of nitrogens with zero attached hydrogens (tertiary/aromatic N) is 5. The van der Waals surface area contributed by atoms with Crippen molar-refractivity contribution in [1.82, 2.24) is 20.0 Å². The van der Waals surface area contributed by atoms with Crippen LogP contribution in [0, 0.1) is 6.92 Å². The number of nitrogens with one attached hydrogen (secondary N) is 3. The van der Waals surface area contributed by atoms with Crippen LogP contribution in [0.5, 0.6) is 5.75 Å². The van der Waals surface area contributed by atoms with Gasteiger partial charge in [-0.05, 0) is 165 Å². The van der Waals surface area contributed by atoms with E-state index in [1.165, 1.54) is 18.0 Å². The highest BCUT2D eigenvalue weighted by molar-refractivity contribution is 7.92. The third-order valence-corrected chi connectivity index (χ3v) is 15.1. The summed E-state index contributed by atoms with van der Waals surface area (Å²) < 4.78 is 32.9. The van der Waals surface area contributed by atoms with E-state index in [1.807, 2.05) is 26.8 Å². The van der Waals surface area contributed by atoms with E-state index in [4.69, 9.17) is 21.3 Å². The summed E-state index contributed by atoms with van der Waals surface area (Å²) in [5, 5.41) is 8.85. The number of fused-ring (bicyclic) bond motifs is 1. The van der Waals surface area contributed by atoms with E-state index in [0.717, 1.165) is 74.6 Å². The fourth-order valence-corrected chi connectivity index (χ4v) is 10.4. The first kappa shape index (κ1) is 50.1. The van der Waals surface area contributed by atoms with Crippen LogP contribution in [0.25, 0.3) is 0 Å². The average Bonchev–Trinajstić information content (AvgIpc) is 3.53. The zero-order valence-electron chi connectivity index (χ0n) is 39.1. The normalized spacial score (nSPS) is 17.6. The Morgan fingerprint density at radius 3 is 2.32 bits per heavy atom. The number of para-hydroxylation sites is 1. The molecule has 3 aromatic rings. The van der Waals surface area contributed by atoms with Crippen molar-refractivity contribution in [1.29, 1.82) is 0 Å². The van der Waals surface area contributed by atoms with E-state index < -0.39 is 38.9 Å². The molecule has 3 aliphatic rings. The molecular formula is C50H65ClN8O6S. The van der Waals surface area contributed by atoms with Gasteiger partial charge in [0.1, 0.15) is 16.8 Å². The van der Waals surface area contributed by atoms with Crippen LogP contribution in [-0.4, -0.2) is 116 Å². The molecule has 3 heterocycles. The topological polar surface area (TPSA) is 165 Å². The second-order valence-electron chi connectivity index (χ2n) is 17.7. The van der Waals surface area contributed by atoms with Gasteiger partial charge in [0, 0.05) is 31.0 Å². The lowest BCUT2D eigenvalue weighted by atomic mass is 9.85. The number of anilines is 2. The number of likely N-dealkylation sites (tertiary alicyclic amines) is 2. The van der Waals surface area contributed by atoms with Crippen LogP contribution >= 0.6 is 11.6 Å².